The van der Waals surface area contributed by atoms with Crippen molar-refractivity contribution in [2.45, 2.75) is 71.5 Å². The van der Waals surface area contributed by atoms with Gasteiger partial charge in [0.2, 0.25) is 5.95 Å². The number of nitrogens with one attached hydrogen (secondary N) is 2. The van der Waals surface area contributed by atoms with Crippen LogP contribution in [0.5, 0.6) is 0 Å². The molecule has 0 saturated heterocycles. The molecule has 0 spiro atoms. The van der Waals surface area contributed by atoms with E-state index in [4.69, 9.17) is 20.1 Å². The molecule has 48 heavy (non-hydrogen) atoms. The van der Waals surface area contributed by atoms with E-state index in [0.717, 1.165) is 53.0 Å². The lowest BCUT2D eigenvalue weighted by atomic mass is 9.91. The fourth-order valence-electron chi connectivity index (χ4n) is 5.85. The first-order valence-electron chi connectivity index (χ1n) is 16.0. The second kappa shape index (κ2) is 15.2. The lowest BCUT2D eigenvalue weighted by molar-refractivity contribution is -0.126. The van der Waals surface area contributed by atoms with Crippen LogP contribution in [0.3, 0.4) is 0 Å². The largest absolute Gasteiger partial charge is 0.385 e. The second-order valence-corrected chi connectivity index (χ2v) is 13.3. The highest BCUT2D eigenvalue weighted by Gasteiger charge is 2.24. The number of hydrogen-bond donors (Lipinski definition) is 2. The van der Waals surface area contributed by atoms with Crippen molar-refractivity contribution in [3.05, 3.63) is 75.0 Å². The van der Waals surface area contributed by atoms with Crippen LogP contribution in [-0.2, 0) is 9.63 Å². The first-order valence-corrected chi connectivity index (χ1v) is 16.8. The highest BCUT2D eigenvalue weighted by Crippen LogP contribution is 2.26. The number of fused-ring (bicyclic) bond motifs is 1. The summed E-state index contributed by atoms with van der Waals surface area (Å²) < 4.78 is 1.98. The zero-order valence-electron chi connectivity index (χ0n) is 28.1. The minimum absolute atomic E-state index is 0.0444. The Bertz CT molecular complexity index is 1930. The number of amides is 2. The minimum atomic E-state index is -0.394. The van der Waals surface area contributed by atoms with E-state index in [1.54, 1.807) is 24.3 Å². The van der Waals surface area contributed by atoms with Crippen molar-refractivity contribution in [3.63, 3.8) is 0 Å². The molecular weight excluding hydrogens is 627 g/mol. The summed E-state index contributed by atoms with van der Waals surface area (Å²) in [5, 5.41) is 20.9. The van der Waals surface area contributed by atoms with Crippen LogP contribution in [-0.4, -0.2) is 64.8 Å². The Balaban J connectivity index is 1.15. The van der Waals surface area contributed by atoms with Crippen molar-refractivity contribution in [3.8, 4) is 6.07 Å². The Kier molecular flexibility index (Phi) is 10.9. The summed E-state index contributed by atoms with van der Waals surface area (Å²) in [6, 6.07) is 16.8. The third-order valence-corrected chi connectivity index (χ3v) is 9.49. The SMILES string of the molecule is C/C(=N\OCC(=O)NC1CCC(Nc2nc(N(C)C)c3ccccc3n2)CC1)c1sc(=NC(=O)c2ccc(C#N)cc2)n(C(C)C)c1C. The second-order valence-electron chi connectivity index (χ2n) is 12.4. The highest BCUT2D eigenvalue weighted by molar-refractivity contribution is 7.11. The van der Waals surface area contributed by atoms with Crippen LogP contribution in [0.1, 0.15) is 79.0 Å². The molecule has 2 aromatic heterocycles. The molecular formula is C35H41N9O3S. The Morgan fingerprint density at radius 3 is 2.44 bits per heavy atom. The summed E-state index contributed by atoms with van der Waals surface area (Å²) in [4.78, 5) is 48.3. The molecule has 2 aromatic carbocycles. The van der Waals surface area contributed by atoms with Gasteiger partial charge in [-0.15, -0.1) is 0 Å². The first kappa shape index (κ1) is 34.3. The maximum atomic E-state index is 12.9. The molecule has 0 bridgehead atoms. The zero-order valence-corrected chi connectivity index (χ0v) is 29.0. The summed E-state index contributed by atoms with van der Waals surface area (Å²) in [7, 11) is 3.96. The van der Waals surface area contributed by atoms with Crippen molar-refractivity contribution in [2.24, 2.45) is 10.1 Å². The smallest absolute Gasteiger partial charge is 0.279 e. The van der Waals surface area contributed by atoms with Gasteiger partial charge in [0.05, 0.1) is 27.7 Å². The predicted octanol–water partition coefficient (Wildman–Crippen LogP) is 5.34. The van der Waals surface area contributed by atoms with Crippen molar-refractivity contribution < 1.29 is 14.4 Å². The fourth-order valence-corrected chi connectivity index (χ4v) is 7.04. The fraction of sp³-hybridized carbons (Fsp3) is 0.400. The monoisotopic (exact) mass is 667 g/mol. The molecule has 2 heterocycles. The van der Waals surface area contributed by atoms with Crippen LogP contribution in [0, 0.1) is 18.3 Å². The maximum absolute atomic E-state index is 12.9. The number of carbonyl (C=O) groups excluding carboxylic acids is 2. The molecule has 2 amide bonds. The lowest BCUT2D eigenvalue weighted by Gasteiger charge is -2.29. The molecule has 1 saturated carbocycles. The topological polar surface area (TPSA) is 150 Å². The molecule has 0 atom stereocenters. The van der Waals surface area contributed by atoms with Crippen LogP contribution < -0.4 is 20.3 Å². The number of benzene rings is 2. The molecule has 13 heteroatoms. The van der Waals surface area contributed by atoms with Gasteiger partial charge in [-0.3, -0.25) is 9.59 Å². The van der Waals surface area contributed by atoms with Crippen molar-refractivity contribution in [2.75, 3.05) is 30.9 Å². The molecule has 4 aromatic rings. The van der Waals surface area contributed by atoms with Gasteiger partial charge in [-0.25, -0.2) is 4.98 Å². The third kappa shape index (κ3) is 8.06. The van der Waals surface area contributed by atoms with Crippen LogP contribution in [0.2, 0.25) is 0 Å². The number of hydrogen-bond acceptors (Lipinski definition) is 10. The van der Waals surface area contributed by atoms with E-state index in [1.807, 2.05) is 81.6 Å². The maximum Gasteiger partial charge on any atom is 0.279 e. The van der Waals surface area contributed by atoms with E-state index in [1.165, 1.54) is 11.3 Å². The number of thiazole rings is 1. The highest BCUT2D eigenvalue weighted by atomic mass is 32.1. The average molecular weight is 668 g/mol. The van der Waals surface area contributed by atoms with Crippen LogP contribution in [0.15, 0.2) is 58.7 Å². The number of nitriles is 1. The van der Waals surface area contributed by atoms with Gasteiger partial charge in [0.25, 0.3) is 11.8 Å². The molecule has 5 rings (SSSR count). The summed E-state index contributed by atoms with van der Waals surface area (Å²) in [6.07, 6.45) is 3.42. The lowest BCUT2D eigenvalue weighted by Crippen LogP contribution is -2.41. The number of para-hydroxylation sites is 1. The number of nitrogens with zero attached hydrogens (tertiary/aromatic N) is 7. The zero-order chi connectivity index (χ0) is 34.4. The molecule has 0 aliphatic heterocycles. The van der Waals surface area contributed by atoms with Gasteiger partial charge in [0.1, 0.15) is 5.82 Å². The minimum Gasteiger partial charge on any atom is -0.385 e. The summed E-state index contributed by atoms with van der Waals surface area (Å²) in [5.74, 6) is 0.875. The van der Waals surface area contributed by atoms with Gasteiger partial charge in [-0.1, -0.05) is 28.6 Å². The first-order chi connectivity index (χ1) is 23.0. The van der Waals surface area contributed by atoms with E-state index in [-0.39, 0.29) is 30.6 Å². The summed E-state index contributed by atoms with van der Waals surface area (Å²) in [6.45, 7) is 7.59. The number of oxime groups is 1. The van der Waals surface area contributed by atoms with Crippen molar-refractivity contribution in [1.82, 2.24) is 19.9 Å². The number of anilines is 2. The third-order valence-electron chi connectivity index (χ3n) is 8.22. The van der Waals surface area contributed by atoms with E-state index < -0.39 is 5.91 Å². The Hall–Kier alpha value is -5.09. The van der Waals surface area contributed by atoms with E-state index in [0.29, 0.717) is 27.6 Å². The molecule has 12 nitrogen and oxygen atoms in total. The van der Waals surface area contributed by atoms with Crippen LogP contribution in [0.25, 0.3) is 10.9 Å². The van der Waals surface area contributed by atoms with Gasteiger partial charge >= 0.3 is 0 Å². The van der Waals surface area contributed by atoms with Gasteiger partial charge in [-0.2, -0.15) is 15.2 Å². The van der Waals surface area contributed by atoms with Crippen LogP contribution in [0.4, 0.5) is 11.8 Å². The molecule has 1 fully saturated rings. The molecule has 0 unspecified atom stereocenters. The van der Waals surface area contributed by atoms with E-state index >= 15 is 0 Å². The summed E-state index contributed by atoms with van der Waals surface area (Å²) >= 11 is 1.34. The molecule has 250 valence electrons. The Morgan fingerprint density at radius 2 is 1.77 bits per heavy atom. The molecule has 2 N–H and O–H groups in total. The van der Waals surface area contributed by atoms with Gasteiger partial charge < -0.3 is 24.9 Å². The number of carbonyl (C=O) groups is 2. The van der Waals surface area contributed by atoms with Crippen LogP contribution >= 0.6 is 11.3 Å². The van der Waals surface area contributed by atoms with Crippen molar-refractivity contribution in [1.29, 1.82) is 5.26 Å². The number of aromatic nitrogens is 3. The predicted molar refractivity (Wildman–Crippen MR) is 188 cm³/mol. The quantitative estimate of drug-likeness (QED) is 0.170. The van der Waals surface area contributed by atoms with Crippen molar-refractivity contribution >= 4 is 51.5 Å². The van der Waals surface area contributed by atoms with Gasteiger partial charge in [-0.05, 0) is 89.8 Å². The number of rotatable bonds is 10. The van der Waals surface area contributed by atoms with Gasteiger partial charge in [0.15, 0.2) is 11.4 Å². The van der Waals surface area contributed by atoms with Gasteiger partial charge in [0, 0.05) is 48.9 Å². The molecule has 0 radical (unpaired) electrons. The standard InChI is InChI=1S/C35H41N9O3S/c1-21(2)44-23(4)31(48-35(44)41-33(46)25-13-11-24(19-36)12-14-25)22(3)42-47-20-30(45)37-26-15-17-27(18-16-26)38-34-39-29-10-8-7-9-28(29)32(40-34)43(5)6/h7-14,21,26-27H,15-18,20H2,1-6H3,(H,37,45)(H,38,39,40)/b41-35?,42-22+. The molecule has 1 aliphatic carbocycles. The summed E-state index contributed by atoms with van der Waals surface area (Å²) in [5.41, 5.74) is 3.26. The average Bonchev–Trinajstić information content (AvgIpc) is 3.40. The normalized spacial score (nSPS) is 16.9. The Morgan fingerprint density at radius 1 is 1.08 bits per heavy atom. The molecule has 1 aliphatic rings. The van der Waals surface area contributed by atoms with E-state index in [2.05, 4.69) is 20.8 Å². The van der Waals surface area contributed by atoms with E-state index in [9.17, 15) is 9.59 Å². The Labute approximate surface area is 284 Å².